The summed E-state index contributed by atoms with van der Waals surface area (Å²) in [6, 6.07) is 0.161. The molecule has 0 aromatic rings. The lowest BCUT2D eigenvalue weighted by Crippen LogP contribution is -2.40. The van der Waals surface area contributed by atoms with E-state index in [0.717, 1.165) is 32.6 Å². The largest absolute Gasteiger partial charge is 0.393 e. The van der Waals surface area contributed by atoms with Crippen molar-refractivity contribution in [2.75, 3.05) is 6.54 Å². The zero-order valence-electron chi connectivity index (χ0n) is 7.89. The molecule has 1 aliphatic carbocycles. The van der Waals surface area contributed by atoms with Crippen LogP contribution < -0.4 is 5.32 Å². The second kappa shape index (κ2) is 4.33. The van der Waals surface area contributed by atoms with Crippen LogP contribution in [0.25, 0.3) is 0 Å². The number of aliphatic hydroxyl groups is 1. The number of halogens is 2. The molecule has 13 heavy (non-hydrogen) atoms. The summed E-state index contributed by atoms with van der Waals surface area (Å²) in [6.07, 6.45) is 2.84. The van der Waals surface area contributed by atoms with Crippen LogP contribution in [0.15, 0.2) is 0 Å². The van der Waals surface area contributed by atoms with Crippen LogP contribution in [0.1, 0.15) is 32.6 Å². The minimum absolute atomic E-state index is 0.161. The average molecular weight is 193 g/mol. The molecule has 2 N–H and O–H groups in total. The zero-order valence-corrected chi connectivity index (χ0v) is 7.89. The van der Waals surface area contributed by atoms with Gasteiger partial charge in [-0.1, -0.05) is 0 Å². The summed E-state index contributed by atoms with van der Waals surface area (Å²) < 4.78 is 24.9. The Labute approximate surface area is 77.3 Å². The lowest BCUT2D eigenvalue weighted by molar-refractivity contribution is 0.0164. The summed E-state index contributed by atoms with van der Waals surface area (Å²) in [5, 5.41) is 12.0. The molecule has 0 aromatic heterocycles. The molecule has 4 heteroatoms. The van der Waals surface area contributed by atoms with Gasteiger partial charge >= 0.3 is 0 Å². The molecule has 1 rings (SSSR count). The quantitative estimate of drug-likeness (QED) is 0.712. The lowest BCUT2D eigenvalue weighted by Gasteiger charge is -2.27. The number of rotatable bonds is 3. The fourth-order valence-electron chi connectivity index (χ4n) is 1.60. The fourth-order valence-corrected chi connectivity index (χ4v) is 1.60. The molecule has 0 aromatic carbocycles. The molecule has 78 valence electrons. The molecule has 0 aliphatic heterocycles. The Kier molecular flexibility index (Phi) is 3.62. The van der Waals surface area contributed by atoms with Crippen LogP contribution in [0, 0.1) is 0 Å². The molecule has 0 heterocycles. The summed E-state index contributed by atoms with van der Waals surface area (Å²) >= 11 is 0. The van der Waals surface area contributed by atoms with Gasteiger partial charge in [-0.25, -0.2) is 8.78 Å². The minimum Gasteiger partial charge on any atom is -0.393 e. The van der Waals surface area contributed by atoms with Crippen LogP contribution in [-0.4, -0.2) is 29.7 Å². The topological polar surface area (TPSA) is 32.3 Å². The highest BCUT2D eigenvalue weighted by atomic mass is 19.3. The maximum absolute atomic E-state index is 12.4. The van der Waals surface area contributed by atoms with E-state index >= 15 is 0 Å². The normalized spacial score (nSPS) is 30.5. The number of alkyl halides is 2. The maximum Gasteiger partial charge on any atom is 0.257 e. The first-order chi connectivity index (χ1) is 5.97. The number of hydrogen-bond donors (Lipinski definition) is 2. The van der Waals surface area contributed by atoms with Crippen molar-refractivity contribution in [3.05, 3.63) is 0 Å². The predicted octanol–water partition coefficient (Wildman–Crippen LogP) is 1.53. The molecule has 0 atom stereocenters. The Hall–Kier alpha value is -0.220. The molecule has 0 radical (unpaired) electrons. The van der Waals surface area contributed by atoms with Gasteiger partial charge in [0.2, 0.25) is 0 Å². The van der Waals surface area contributed by atoms with E-state index in [1.807, 2.05) is 0 Å². The summed E-state index contributed by atoms with van der Waals surface area (Å²) in [7, 11) is 0. The van der Waals surface area contributed by atoms with Gasteiger partial charge in [-0.15, -0.1) is 0 Å². The third-order valence-electron chi connectivity index (χ3n) is 2.40. The third-order valence-corrected chi connectivity index (χ3v) is 2.40. The van der Waals surface area contributed by atoms with Crippen molar-refractivity contribution < 1.29 is 13.9 Å². The van der Waals surface area contributed by atoms with Gasteiger partial charge in [-0.3, -0.25) is 0 Å². The SMILES string of the molecule is CC(F)(F)CNC1CCC(O)CC1. The number of nitrogens with one attached hydrogen (secondary N) is 1. The Morgan fingerprint density at radius 1 is 1.31 bits per heavy atom. The van der Waals surface area contributed by atoms with E-state index in [1.165, 1.54) is 0 Å². The van der Waals surface area contributed by atoms with Gasteiger partial charge in [0.05, 0.1) is 12.6 Å². The summed E-state index contributed by atoms with van der Waals surface area (Å²) in [5.41, 5.74) is 0. The Balaban J connectivity index is 2.16. The van der Waals surface area contributed by atoms with Crippen LogP contribution in [-0.2, 0) is 0 Å². The zero-order chi connectivity index (χ0) is 9.90. The first kappa shape index (κ1) is 10.9. The molecule has 0 amide bonds. The Morgan fingerprint density at radius 2 is 1.85 bits per heavy atom. The second-order valence-corrected chi connectivity index (χ2v) is 3.96. The third kappa shape index (κ3) is 4.52. The number of hydrogen-bond acceptors (Lipinski definition) is 2. The van der Waals surface area contributed by atoms with Crippen LogP contribution in [0.5, 0.6) is 0 Å². The van der Waals surface area contributed by atoms with Crippen molar-refractivity contribution in [2.45, 2.75) is 50.7 Å². The van der Waals surface area contributed by atoms with E-state index in [2.05, 4.69) is 5.32 Å². The fraction of sp³-hybridized carbons (Fsp3) is 1.00. The van der Waals surface area contributed by atoms with Gasteiger partial charge in [-0.05, 0) is 25.7 Å². The van der Waals surface area contributed by atoms with E-state index < -0.39 is 5.92 Å². The summed E-state index contributed by atoms with van der Waals surface area (Å²) in [5.74, 6) is -2.63. The van der Waals surface area contributed by atoms with Gasteiger partial charge in [-0.2, -0.15) is 0 Å². The Bertz CT molecular complexity index is 150. The van der Waals surface area contributed by atoms with Crippen molar-refractivity contribution in [3.63, 3.8) is 0 Å². The molecule has 0 saturated heterocycles. The van der Waals surface area contributed by atoms with E-state index in [4.69, 9.17) is 0 Å². The monoisotopic (exact) mass is 193 g/mol. The molecule has 1 saturated carbocycles. The van der Waals surface area contributed by atoms with Crippen molar-refractivity contribution >= 4 is 0 Å². The smallest absolute Gasteiger partial charge is 0.257 e. The van der Waals surface area contributed by atoms with Crippen LogP contribution >= 0.6 is 0 Å². The van der Waals surface area contributed by atoms with Crippen molar-refractivity contribution in [1.29, 1.82) is 0 Å². The molecular formula is C9H17F2NO. The lowest BCUT2D eigenvalue weighted by atomic mass is 9.93. The summed E-state index contributed by atoms with van der Waals surface area (Å²) in [4.78, 5) is 0. The van der Waals surface area contributed by atoms with E-state index in [9.17, 15) is 13.9 Å². The van der Waals surface area contributed by atoms with Crippen LogP contribution in [0.2, 0.25) is 0 Å². The number of aliphatic hydroxyl groups excluding tert-OH is 1. The van der Waals surface area contributed by atoms with Gasteiger partial charge in [0.15, 0.2) is 0 Å². The molecule has 2 nitrogen and oxygen atoms in total. The maximum atomic E-state index is 12.4. The van der Waals surface area contributed by atoms with E-state index in [-0.39, 0.29) is 18.7 Å². The minimum atomic E-state index is -2.63. The highest BCUT2D eigenvalue weighted by Crippen LogP contribution is 2.19. The first-order valence-corrected chi connectivity index (χ1v) is 4.76. The standard InChI is InChI=1S/C9H17F2NO/c1-9(10,11)6-12-7-2-4-8(13)5-3-7/h7-8,12-13H,2-6H2,1H3. The Morgan fingerprint density at radius 3 is 2.31 bits per heavy atom. The highest BCUT2D eigenvalue weighted by Gasteiger charge is 2.24. The molecule has 0 unspecified atom stereocenters. The summed E-state index contributed by atoms with van der Waals surface area (Å²) in [6.45, 7) is 0.658. The molecule has 0 spiro atoms. The second-order valence-electron chi connectivity index (χ2n) is 3.96. The molecule has 1 aliphatic rings. The molecular weight excluding hydrogens is 176 g/mol. The van der Waals surface area contributed by atoms with Crippen molar-refractivity contribution in [3.8, 4) is 0 Å². The molecule has 1 fully saturated rings. The van der Waals surface area contributed by atoms with E-state index in [0.29, 0.717) is 0 Å². The first-order valence-electron chi connectivity index (χ1n) is 4.76. The van der Waals surface area contributed by atoms with E-state index in [1.54, 1.807) is 0 Å². The van der Waals surface area contributed by atoms with Gasteiger partial charge in [0, 0.05) is 13.0 Å². The van der Waals surface area contributed by atoms with Crippen LogP contribution in [0.4, 0.5) is 8.78 Å². The predicted molar refractivity (Wildman–Crippen MR) is 46.9 cm³/mol. The average Bonchev–Trinajstić information content (AvgIpc) is 2.02. The van der Waals surface area contributed by atoms with Gasteiger partial charge < -0.3 is 10.4 Å². The molecule has 0 bridgehead atoms. The van der Waals surface area contributed by atoms with Gasteiger partial charge in [0.1, 0.15) is 0 Å². The van der Waals surface area contributed by atoms with Crippen molar-refractivity contribution in [1.82, 2.24) is 5.32 Å². The van der Waals surface area contributed by atoms with Gasteiger partial charge in [0.25, 0.3) is 5.92 Å². The highest BCUT2D eigenvalue weighted by molar-refractivity contribution is 4.78. The van der Waals surface area contributed by atoms with Crippen molar-refractivity contribution in [2.24, 2.45) is 0 Å². The van der Waals surface area contributed by atoms with Crippen LogP contribution in [0.3, 0.4) is 0 Å².